The first-order valence-electron chi connectivity index (χ1n) is 4.05. The summed E-state index contributed by atoms with van der Waals surface area (Å²) in [6, 6.07) is 12.1. The summed E-state index contributed by atoms with van der Waals surface area (Å²) in [5.41, 5.74) is 1.06. The highest BCUT2D eigenvalue weighted by Crippen LogP contribution is 2.07. The van der Waals surface area contributed by atoms with Crippen LogP contribution in [0.15, 0.2) is 42.6 Å². The van der Waals surface area contributed by atoms with Crippen LogP contribution in [0, 0.1) is 6.92 Å². The van der Waals surface area contributed by atoms with Gasteiger partial charge in [-0.25, -0.2) is 0 Å². The number of aliphatic carboxylic acids is 1. The van der Waals surface area contributed by atoms with Crippen LogP contribution < -0.4 is 0 Å². The van der Waals surface area contributed by atoms with E-state index in [1.807, 2.05) is 30.5 Å². The van der Waals surface area contributed by atoms with Crippen LogP contribution in [0.4, 0.5) is 0 Å². The van der Waals surface area contributed by atoms with Gasteiger partial charge in [-0.3, -0.25) is 9.78 Å². The van der Waals surface area contributed by atoms with Gasteiger partial charge in [0.2, 0.25) is 0 Å². The summed E-state index contributed by atoms with van der Waals surface area (Å²) in [5, 5.41) is 8.50. The van der Waals surface area contributed by atoms with Gasteiger partial charge in [-0.1, -0.05) is 24.3 Å². The Bertz CT molecular complexity index is 357. The van der Waals surface area contributed by atoms with Crippen molar-refractivity contribution < 1.29 is 9.90 Å². The number of fused-ring (bicyclic) bond motifs is 1. The van der Waals surface area contributed by atoms with E-state index in [1.54, 1.807) is 0 Å². The van der Waals surface area contributed by atoms with E-state index in [4.69, 9.17) is 9.90 Å². The van der Waals surface area contributed by atoms with E-state index in [2.05, 4.69) is 24.0 Å². The minimum Gasteiger partial charge on any atom is -0.481 e. The van der Waals surface area contributed by atoms with Gasteiger partial charge < -0.3 is 5.11 Å². The molecule has 0 unspecified atom stereocenters. The zero-order valence-corrected chi connectivity index (χ0v) is 7.55. The molecule has 0 saturated heterocycles. The summed E-state index contributed by atoms with van der Waals surface area (Å²) >= 11 is 0. The summed E-state index contributed by atoms with van der Waals surface area (Å²) < 4.78 is 0. The molecule has 0 spiro atoms. The number of pyridine rings is 1. The fourth-order valence-corrected chi connectivity index (χ4v) is 1.02. The monoisotopic (exact) mass is 188 g/mol. The average Bonchev–Trinajstić information content (AvgIpc) is 2.17. The zero-order chi connectivity index (χ0) is 10.4. The molecule has 1 N–H and O–H groups in total. The number of carbonyl (C=O) groups is 1. The predicted molar refractivity (Wildman–Crippen MR) is 54.7 cm³/mol. The normalized spacial score (nSPS) is 8.93. The molecule has 1 aromatic carbocycles. The molecule has 0 aliphatic carbocycles. The number of nitrogens with zero attached hydrogens (tertiary/aromatic N) is 1. The van der Waals surface area contributed by atoms with Gasteiger partial charge in [-0.15, -0.1) is 0 Å². The highest BCUT2D eigenvalue weighted by molar-refractivity contribution is 5.77. The lowest BCUT2D eigenvalue weighted by Gasteiger charge is -1.91. The highest BCUT2D eigenvalue weighted by atomic mass is 16.4. The molecule has 2 aromatic rings. The Morgan fingerprint density at radius 1 is 1.21 bits per heavy atom. The molecule has 0 aliphatic heterocycles. The third kappa shape index (κ3) is 3.23. The molecular formula is C11H10NO2. The summed E-state index contributed by atoms with van der Waals surface area (Å²) in [4.78, 5) is 13.1. The maximum atomic E-state index is 8.89. The van der Waals surface area contributed by atoms with E-state index < -0.39 is 5.97 Å². The molecule has 0 atom stereocenters. The molecule has 0 amide bonds. The maximum absolute atomic E-state index is 8.89. The van der Waals surface area contributed by atoms with E-state index >= 15 is 0 Å². The minimum atomic E-state index is -1.08. The summed E-state index contributed by atoms with van der Waals surface area (Å²) in [6.45, 7) is 2.56. The van der Waals surface area contributed by atoms with Crippen LogP contribution in [0.25, 0.3) is 10.9 Å². The first kappa shape index (κ1) is 10.2. The molecule has 0 bridgehead atoms. The smallest absolute Gasteiger partial charge is 0.303 e. The Balaban J connectivity index is 0.000000213. The lowest BCUT2D eigenvalue weighted by molar-refractivity contribution is -0.131. The van der Waals surface area contributed by atoms with Gasteiger partial charge in [0.05, 0.1) is 12.4 Å². The number of carboxylic acid groups (broad SMARTS) is 1. The molecule has 3 heteroatoms. The van der Waals surface area contributed by atoms with Gasteiger partial charge in [-0.05, 0) is 12.1 Å². The van der Waals surface area contributed by atoms with Crippen LogP contribution in [-0.4, -0.2) is 16.1 Å². The molecule has 1 heterocycles. The SMILES string of the molecule is [CH2]C(=O)O.c1ccc2ncccc2c1. The Morgan fingerprint density at radius 3 is 2.43 bits per heavy atom. The molecule has 71 valence electrons. The van der Waals surface area contributed by atoms with E-state index in [0.717, 1.165) is 5.52 Å². The van der Waals surface area contributed by atoms with E-state index in [-0.39, 0.29) is 0 Å². The Morgan fingerprint density at radius 2 is 1.79 bits per heavy atom. The number of para-hydroxylation sites is 1. The summed E-state index contributed by atoms with van der Waals surface area (Å²) in [6.07, 6.45) is 1.81. The van der Waals surface area contributed by atoms with Crippen molar-refractivity contribution >= 4 is 16.9 Å². The number of aromatic nitrogens is 1. The van der Waals surface area contributed by atoms with E-state index in [0.29, 0.717) is 0 Å². The molecule has 14 heavy (non-hydrogen) atoms. The Hall–Kier alpha value is -1.90. The van der Waals surface area contributed by atoms with Crippen LogP contribution in [-0.2, 0) is 4.79 Å². The third-order valence-electron chi connectivity index (χ3n) is 1.51. The second-order valence-electron chi connectivity index (χ2n) is 2.59. The van der Waals surface area contributed by atoms with Gasteiger partial charge >= 0.3 is 5.97 Å². The predicted octanol–water partition coefficient (Wildman–Crippen LogP) is 2.14. The summed E-state index contributed by atoms with van der Waals surface area (Å²) in [5.74, 6) is -1.08. The van der Waals surface area contributed by atoms with Crippen molar-refractivity contribution in [3.8, 4) is 0 Å². The second-order valence-corrected chi connectivity index (χ2v) is 2.59. The van der Waals surface area contributed by atoms with Crippen LogP contribution in [0.2, 0.25) is 0 Å². The standard InChI is InChI=1S/C9H7N.C2H3O2/c1-2-6-9-8(4-1)5-3-7-10-9;1-2(3)4/h1-7H;1H2,(H,3,4). The van der Waals surface area contributed by atoms with Crippen molar-refractivity contribution in [2.24, 2.45) is 0 Å². The number of rotatable bonds is 0. The van der Waals surface area contributed by atoms with Crippen LogP contribution >= 0.6 is 0 Å². The van der Waals surface area contributed by atoms with Gasteiger partial charge in [0.1, 0.15) is 0 Å². The molecule has 1 aromatic heterocycles. The molecule has 2 rings (SSSR count). The van der Waals surface area contributed by atoms with E-state index in [9.17, 15) is 0 Å². The number of carboxylic acids is 1. The minimum absolute atomic E-state index is 1.06. The molecule has 0 fully saturated rings. The Labute approximate surface area is 82.0 Å². The van der Waals surface area contributed by atoms with Gasteiger partial charge in [-0.2, -0.15) is 0 Å². The van der Waals surface area contributed by atoms with E-state index in [1.165, 1.54) is 5.39 Å². The zero-order valence-electron chi connectivity index (χ0n) is 7.55. The van der Waals surface area contributed by atoms with Gasteiger partial charge in [0, 0.05) is 11.6 Å². The van der Waals surface area contributed by atoms with Crippen molar-refractivity contribution in [3.05, 3.63) is 49.5 Å². The van der Waals surface area contributed by atoms with Crippen LogP contribution in [0.3, 0.4) is 0 Å². The van der Waals surface area contributed by atoms with Crippen molar-refractivity contribution in [2.45, 2.75) is 0 Å². The summed E-state index contributed by atoms with van der Waals surface area (Å²) in [7, 11) is 0. The molecular weight excluding hydrogens is 178 g/mol. The number of hydrogen-bond donors (Lipinski definition) is 1. The third-order valence-corrected chi connectivity index (χ3v) is 1.51. The average molecular weight is 188 g/mol. The number of hydrogen-bond acceptors (Lipinski definition) is 2. The van der Waals surface area contributed by atoms with Crippen molar-refractivity contribution in [3.63, 3.8) is 0 Å². The number of benzene rings is 1. The lowest BCUT2D eigenvalue weighted by Crippen LogP contribution is -1.79. The molecule has 1 radical (unpaired) electrons. The van der Waals surface area contributed by atoms with Gasteiger partial charge in [0.15, 0.2) is 0 Å². The van der Waals surface area contributed by atoms with Gasteiger partial charge in [0.25, 0.3) is 0 Å². The first-order chi connectivity index (χ1) is 6.70. The maximum Gasteiger partial charge on any atom is 0.303 e. The van der Waals surface area contributed by atoms with Crippen molar-refractivity contribution in [2.75, 3.05) is 0 Å². The fourth-order valence-electron chi connectivity index (χ4n) is 1.02. The van der Waals surface area contributed by atoms with Crippen molar-refractivity contribution in [1.29, 1.82) is 0 Å². The highest BCUT2D eigenvalue weighted by Gasteiger charge is 1.86. The second kappa shape index (κ2) is 4.97. The quantitative estimate of drug-likeness (QED) is 0.689. The Kier molecular flexibility index (Phi) is 3.61. The van der Waals surface area contributed by atoms with Crippen LogP contribution in [0.5, 0.6) is 0 Å². The van der Waals surface area contributed by atoms with Crippen molar-refractivity contribution in [1.82, 2.24) is 4.98 Å². The fraction of sp³-hybridized carbons (Fsp3) is 0. The molecule has 0 aliphatic rings. The lowest BCUT2D eigenvalue weighted by atomic mass is 10.2. The first-order valence-corrected chi connectivity index (χ1v) is 4.05. The topological polar surface area (TPSA) is 50.2 Å². The van der Waals surface area contributed by atoms with Crippen LogP contribution in [0.1, 0.15) is 0 Å². The molecule has 3 nitrogen and oxygen atoms in total. The largest absolute Gasteiger partial charge is 0.481 e. The molecule has 0 saturated carbocycles.